The molecule has 0 bridgehead atoms. The van der Waals surface area contributed by atoms with Gasteiger partial charge in [0.1, 0.15) is 9.81 Å². The van der Waals surface area contributed by atoms with Crippen LogP contribution in [0.3, 0.4) is 0 Å². The molecule has 5 nitrogen and oxygen atoms in total. The maximum absolute atomic E-state index is 12.4. The van der Waals surface area contributed by atoms with Crippen molar-refractivity contribution in [3.8, 4) is 0 Å². The second-order valence-corrected chi connectivity index (χ2v) is 9.30. The van der Waals surface area contributed by atoms with Crippen molar-refractivity contribution in [2.45, 2.75) is 35.8 Å². The Morgan fingerprint density at radius 2 is 2.09 bits per heavy atom. The number of hydrogen-bond donors (Lipinski definition) is 1. The number of cyclic esters (lactones) is 1. The molecular formula is C16H17NO4S2. The Hall–Kier alpha value is -1.86. The molecule has 0 unspecified atom stereocenters. The van der Waals surface area contributed by atoms with Crippen LogP contribution in [0.5, 0.6) is 0 Å². The molecule has 1 aromatic heterocycles. The van der Waals surface area contributed by atoms with Crippen molar-refractivity contribution in [3.05, 3.63) is 46.8 Å². The summed E-state index contributed by atoms with van der Waals surface area (Å²) in [6.07, 6.45) is 0.0289. The first kappa shape index (κ1) is 16.0. The highest BCUT2D eigenvalue weighted by Crippen LogP contribution is 2.30. The lowest BCUT2D eigenvalue weighted by molar-refractivity contribution is 0.0519. The third-order valence-corrected chi connectivity index (χ3v) is 6.72. The lowest BCUT2D eigenvalue weighted by Gasteiger charge is -2.21. The number of fused-ring (bicyclic) bond motifs is 1. The van der Waals surface area contributed by atoms with Crippen molar-refractivity contribution in [1.82, 2.24) is 0 Å². The van der Waals surface area contributed by atoms with Crippen molar-refractivity contribution in [2.24, 2.45) is 0 Å². The predicted octanol–water partition coefficient (Wildman–Crippen LogP) is 3.61. The molecule has 1 aliphatic rings. The fourth-order valence-corrected chi connectivity index (χ4v) is 5.04. The van der Waals surface area contributed by atoms with Gasteiger partial charge in [-0.1, -0.05) is 18.2 Å². The van der Waals surface area contributed by atoms with Crippen LogP contribution >= 0.6 is 11.3 Å². The average Bonchev–Trinajstić information content (AvgIpc) is 2.91. The SMILES string of the molecule is CC1(C)Cc2cc(CS(=O)(=O)c3cccs3)ccc2NC(=O)O1. The summed E-state index contributed by atoms with van der Waals surface area (Å²) in [6.45, 7) is 3.66. The van der Waals surface area contributed by atoms with E-state index < -0.39 is 21.5 Å². The Bertz CT molecular complexity index is 839. The minimum atomic E-state index is -3.35. The number of benzene rings is 1. The number of carbonyl (C=O) groups is 1. The second-order valence-electron chi connectivity index (χ2n) is 6.13. The van der Waals surface area contributed by atoms with Gasteiger partial charge in [-0.15, -0.1) is 11.3 Å². The summed E-state index contributed by atoms with van der Waals surface area (Å²) in [5.41, 5.74) is 1.60. The normalized spacial score (nSPS) is 16.9. The zero-order valence-corrected chi connectivity index (χ0v) is 14.5. The number of rotatable bonds is 3. The molecule has 2 heterocycles. The Morgan fingerprint density at radius 3 is 2.78 bits per heavy atom. The minimum Gasteiger partial charge on any atom is -0.443 e. The van der Waals surface area contributed by atoms with E-state index in [0.29, 0.717) is 21.9 Å². The fourth-order valence-electron chi connectivity index (χ4n) is 2.62. The van der Waals surface area contributed by atoms with Gasteiger partial charge in [0, 0.05) is 12.1 Å². The molecule has 1 amide bonds. The van der Waals surface area contributed by atoms with Gasteiger partial charge in [0.2, 0.25) is 0 Å². The molecule has 2 aromatic rings. The quantitative estimate of drug-likeness (QED) is 0.917. The fraction of sp³-hybridized carbons (Fsp3) is 0.312. The van der Waals surface area contributed by atoms with E-state index in [-0.39, 0.29) is 5.75 Å². The van der Waals surface area contributed by atoms with Gasteiger partial charge in [-0.25, -0.2) is 13.2 Å². The minimum absolute atomic E-state index is 0.0595. The van der Waals surface area contributed by atoms with E-state index in [2.05, 4.69) is 5.32 Å². The van der Waals surface area contributed by atoms with Gasteiger partial charge in [0.05, 0.1) is 5.75 Å². The molecule has 1 aliphatic heterocycles. The molecule has 0 spiro atoms. The first-order chi connectivity index (χ1) is 10.8. The molecule has 0 radical (unpaired) electrons. The molecule has 0 saturated carbocycles. The molecule has 23 heavy (non-hydrogen) atoms. The van der Waals surface area contributed by atoms with E-state index >= 15 is 0 Å². The van der Waals surface area contributed by atoms with Crippen LogP contribution in [-0.2, 0) is 26.7 Å². The van der Waals surface area contributed by atoms with Crippen molar-refractivity contribution in [2.75, 3.05) is 5.32 Å². The zero-order chi connectivity index (χ0) is 16.7. The van der Waals surface area contributed by atoms with Crippen LogP contribution in [0.15, 0.2) is 39.9 Å². The number of amides is 1. The van der Waals surface area contributed by atoms with Gasteiger partial charge in [0.15, 0.2) is 9.84 Å². The summed E-state index contributed by atoms with van der Waals surface area (Å²) in [5.74, 6) is -0.0595. The Labute approximate surface area is 139 Å². The van der Waals surface area contributed by atoms with Crippen molar-refractivity contribution in [1.29, 1.82) is 0 Å². The molecule has 7 heteroatoms. The van der Waals surface area contributed by atoms with E-state index in [1.54, 1.807) is 29.6 Å². The number of sulfone groups is 1. The van der Waals surface area contributed by atoms with E-state index in [4.69, 9.17) is 4.74 Å². The Morgan fingerprint density at radius 1 is 1.30 bits per heavy atom. The van der Waals surface area contributed by atoms with Crippen LogP contribution in [0.25, 0.3) is 0 Å². The van der Waals surface area contributed by atoms with Gasteiger partial charge >= 0.3 is 6.09 Å². The number of thiophene rings is 1. The van der Waals surface area contributed by atoms with Gasteiger partial charge in [-0.05, 0) is 42.5 Å². The molecule has 3 rings (SSSR count). The number of anilines is 1. The van der Waals surface area contributed by atoms with E-state index in [9.17, 15) is 13.2 Å². The average molecular weight is 351 g/mol. The highest BCUT2D eigenvalue weighted by atomic mass is 32.2. The smallest absolute Gasteiger partial charge is 0.412 e. The largest absolute Gasteiger partial charge is 0.443 e. The van der Waals surface area contributed by atoms with Crippen LogP contribution in [-0.4, -0.2) is 20.1 Å². The summed E-state index contributed by atoms with van der Waals surface area (Å²) in [7, 11) is -3.35. The number of hydrogen-bond acceptors (Lipinski definition) is 5. The van der Waals surface area contributed by atoms with Gasteiger partial charge in [-0.2, -0.15) is 0 Å². The van der Waals surface area contributed by atoms with Gasteiger partial charge in [0.25, 0.3) is 0 Å². The van der Waals surface area contributed by atoms with Crippen molar-refractivity contribution in [3.63, 3.8) is 0 Å². The molecule has 0 aliphatic carbocycles. The summed E-state index contributed by atoms with van der Waals surface area (Å²) in [5, 5.41) is 4.44. The Kier molecular flexibility index (Phi) is 3.93. The maximum atomic E-state index is 12.4. The third kappa shape index (κ3) is 3.56. The molecule has 0 fully saturated rings. The van der Waals surface area contributed by atoms with Crippen LogP contribution < -0.4 is 5.32 Å². The first-order valence-corrected chi connectivity index (χ1v) is 9.66. The van der Waals surface area contributed by atoms with Crippen LogP contribution in [0.4, 0.5) is 10.5 Å². The highest BCUT2D eigenvalue weighted by Gasteiger charge is 2.29. The second kappa shape index (κ2) is 5.65. The maximum Gasteiger partial charge on any atom is 0.412 e. The number of ether oxygens (including phenoxy) is 1. The number of carbonyl (C=O) groups excluding carboxylic acids is 1. The van der Waals surface area contributed by atoms with E-state index in [1.807, 2.05) is 19.9 Å². The lowest BCUT2D eigenvalue weighted by Crippen LogP contribution is -2.29. The summed E-state index contributed by atoms with van der Waals surface area (Å²) >= 11 is 1.22. The van der Waals surface area contributed by atoms with Crippen molar-refractivity contribution < 1.29 is 17.9 Å². The van der Waals surface area contributed by atoms with Crippen LogP contribution in [0.2, 0.25) is 0 Å². The van der Waals surface area contributed by atoms with Crippen LogP contribution in [0.1, 0.15) is 25.0 Å². The molecular weight excluding hydrogens is 334 g/mol. The topological polar surface area (TPSA) is 72.5 Å². The van der Waals surface area contributed by atoms with E-state index in [0.717, 1.165) is 5.56 Å². The summed E-state index contributed by atoms with van der Waals surface area (Å²) in [4.78, 5) is 11.7. The van der Waals surface area contributed by atoms with Crippen molar-refractivity contribution >= 4 is 33.0 Å². The first-order valence-electron chi connectivity index (χ1n) is 7.13. The molecule has 1 aromatic carbocycles. The lowest BCUT2D eigenvalue weighted by atomic mass is 9.96. The van der Waals surface area contributed by atoms with Crippen LogP contribution in [0, 0.1) is 0 Å². The van der Waals surface area contributed by atoms with Gasteiger partial charge in [-0.3, -0.25) is 5.32 Å². The molecule has 1 N–H and O–H groups in total. The van der Waals surface area contributed by atoms with Gasteiger partial charge < -0.3 is 4.74 Å². The molecule has 0 saturated heterocycles. The molecule has 0 atom stereocenters. The predicted molar refractivity (Wildman–Crippen MR) is 89.5 cm³/mol. The number of nitrogens with one attached hydrogen (secondary N) is 1. The highest BCUT2D eigenvalue weighted by molar-refractivity contribution is 7.92. The summed E-state index contributed by atoms with van der Waals surface area (Å²) in [6, 6.07) is 8.63. The Balaban J connectivity index is 1.92. The standard InChI is InChI=1S/C16H17NO4S2/c1-16(2)9-12-8-11(5-6-13(12)17-15(18)21-16)10-23(19,20)14-4-3-7-22-14/h3-8H,9-10H2,1-2H3,(H,17,18). The summed E-state index contributed by atoms with van der Waals surface area (Å²) < 4.78 is 30.5. The monoisotopic (exact) mass is 351 g/mol. The third-order valence-electron chi connectivity index (χ3n) is 3.55. The molecule has 122 valence electrons. The zero-order valence-electron chi connectivity index (χ0n) is 12.8. The van der Waals surface area contributed by atoms with E-state index in [1.165, 1.54) is 11.3 Å².